The van der Waals surface area contributed by atoms with Crippen LogP contribution >= 0.6 is 0 Å². The number of anilines is 1. The van der Waals surface area contributed by atoms with Crippen LogP contribution in [0.2, 0.25) is 0 Å². The van der Waals surface area contributed by atoms with Gasteiger partial charge in [0.15, 0.2) is 0 Å². The molecule has 0 unspecified atom stereocenters. The van der Waals surface area contributed by atoms with Crippen LogP contribution in [0.25, 0.3) is 0 Å². The van der Waals surface area contributed by atoms with Gasteiger partial charge in [0.05, 0.1) is 12.0 Å². The maximum absolute atomic E-state index is 12.3. The molecule has 0 saturated heterocycles. The fourth-order valence-corrected chi connectivity index (χ4v) is 3.23. The highest BCUT2D eigenvalue weighted by Gasteiger charge is 2.21. The SMILES string of the molecule is CCN(CC)S(=O)(=O)c1cccc(NCC(=O)OC)c1. The fourth-order valence-electron chi connectivity index (χ4n) is 1.73. The first kappa shape index (κ1) is 16.5. The van der Waals surface area contributed by atoms with Gasteiger partial charge in [0.25, 0.3) is 0 Å². The van der Waals surface area contributed by atoms with Crippen LogP contribution in [0.4, 0.5) is 5.69 Å². The minimum atomic E-state index is -3.49. The zero-order valence-electron chi connectivity index (χ0n) is 11.9. The Morgan fingerprint density at radius 3 is 2.50 bits per heavy atom. The van der Waals surface area contributed by atoms with Crippen LogP contribution in [-0.2, 0) is 19.6 Å². The normalized spacial score (nSPS) is 11.4. The molecule has 0 saturated carbocycles. The van der Waals surface area contributed by atoms with Crippen molar-refractivity contribution in [1.82, 2.24) is 4.31 Å². The number of nitrogens with one attached hydrogen (secondary N) is 1. The fraction of sp³-hybridized carbons (Fsp3) is 0.462. The largest absolute Gasteiger partial charge is 0.468 e. The molecule has 1 N–H and O–H groups in total. The lowest BCUT2D eigenvalue weighted by molar-refractivity contribution is -0.138. The van der Waals surface area contributed by atoms with Gasteiger partial charge in [0.1, 0.15) is 6.54 Å². The standard InChI is InChI=1S/C13H20N2O4S/c1-4-15(5-2)20(17,18)12-8-6-7-11(9-12)14-10-13(16)19-3/h6-9,14H,4-5,10H2,1-3H3. The number of rotatable bonds is 7. The van der Waals surface area contributed by atoms with Crippen LogP contribution in [0.3, 0.4) is 0 Å². The van der Waals surface area contributed by atoms with E-state index in [1.807, 2.05) is 0 Å². The zero-order valence-corrected chi connectivity index (χ0v) is 12.7. The molecule has 6 nitrogen and oxygen atoms in total. The number of esters is 1. The van der Waals surface area contributed by atoms with Gasteiger partial charge in [0, 0.05) is 18.8 Å². The van der Waals surface area contributed by atoms with Crippen molar-refractivity contribution in [3.05, 3.63) is 24.3 Å². The highest BCUT2D eigenvalue weighted by molar-refractivity contribution is 7.89. The minimum absolute atomic E-state index is 0.00866. The summed E-state index contributed by atoms with van der Waals surface area (Å²) >= 11 is 0. The van der Waals surface area contributed by atoms with Crippen LogP contribution in [0, 0.1) is 0 Å². The average molecular weight is 300 g/mol. The Labute approximate surface area is 119 Å². The first-order chi connectivity index (χ1) is 9.45. The Bertz CT molecular complexity index is 553. The zero-order chi connectivity index (χ0) is 15.2. The summed E-state index contributed by atoms with van der Waals surface area (Å²) in [7, 11) is -2.19. The van der Waals surface area contributed by atoms with Gasteiger partial charge in [-0.1, -0.05) is 19.9 Å². The first-order valence-electron chi connectivity index (χ1n) is 6.36. The minimum Gasteiger partial charge on any atom is -0.468 e. The molecule has 112 valence electrons. The van der Waals surface area contributed by atoms with E-state index < -0.39 is 16.0 Å². The lowest BCUT2D eigenvalue weighted by Gasteiger charge is -2.18. The van der Waals surface area contributed by atoms with Crippen molar-refractivity contribution in [2.45, 2.75) is 18.7 Å². The Kier molecular flexibility index (Phi) is 5.97. The van der Waals surface area contributed by atoms with E-state index in [9.17, 15) is 13.2 Å². The monoisotopic (exact) mass is 300 g/mol. The van der Waals surface area contributed by atoms with Crippen molar-refractivity contribution < 1.29 is 17.9 Å². The summed E-state index contributed by atoms with van der Waals surface area (Å²) in [5, 5.41) is 2.83. The summed E-state index contributed by atoms with van der Waals surface area (Å²) < 4.78 is 30.6. The van der Waals surface area contributed by atoms with Crippen molar-refractivity contribution in [2.75, 3.05) is 32.1 Å². The van der Waals surface area contributed by atoms with Gasteiger partial charge in [-0.3, -0.25) is 4.79 Å². The Hall–Kier alpha value is -1.60. The molecular formula is C13H20N2O4S. The lowest BCUT2D eigenvalue weighted by Crippen LogP contribution is -2.30. The quantitative estimate of drug-likeness (QED) is 0.768. The van der Waals surface area contributed by atoms with E-state index in [4.69, 9.17) is 0 Å². The molecule has 7 heteroatoms. The average Bonchev–Trinajstić information content (AvgIpc) is 2.46. The van der Waals surface area contributed by atoms with Gasteiger partial charge in [-0.2, -0.15) is 4.31 Å². The van der Waals surface area contributed by atoms with E-state index in [1.165, 1.54) is 23.5 Å². The van der Waals surface area contributed by atoms with Gasteiger partial charge < -0.3 is 10.1 Å². The second kappa shape index (κ2) is 7.25. The maximum atomic E-state index is 12.3. The number of nitrogens with zero attached hydrogens (tertiary/aromatic N) is 1. The Balaban J connectivity index is 2.95. The highest BCUT2D eigenvalue weighted by atomic mass is 32.2. The predicted molar refractivity (Wildman–Crippen MR) is 77.1 cm³/mol. The summed E-state index contributed by atoms with van der Waals surface area (Å²) in [6, 6.07) is 6.38. The van der Waals surface area contributed by atoms with E-state index in [2.05, 4.69) is 10.1 Å². The van der Waals surface area contributed by atoms with E-state index in [0.717, 1.165) is 0 Å². The van der Waals surface area contributed by atoms with Crippen LogP contribution in [0.5, 0.6) is 0 Å². The number of benzene rings is 1. The van der Waals surface area contributed by atoms with Crippen molar-refractivity contribution in [3.8, 4) is 0 Å². The molecule has 20 heavy (non-hydrogen) atoms. The lowest BCUT2D eigenvalue weighted by atomic mass is 10.3. The molecule has 0 spiro atoms. The van der Waals surface area contributed by atoms with E-state index >= 15 is 0 Å². The topological polar surface area (TPSA) is 75.7 Å². The summed E-state index contributed by atoms with van der Waals surface area (Å²) in [5.74, 6) is -0.415. The van der Waals surface area contributed by atoms with Crippen molar-refractivity contribution in [3.63, 3.8) is 0 Å². The molecule has 0 aliphatic rings. The number of sulfonamides is 1. The summed E-state index contributed by atoms with van der Waals surface area (Å²) in [6.45, 7) is 4.41. The Morgan fingerprint density at radius 2 is 1.95 bits per heavy atom. The highest BCUT2D eigenvalue weighted by Crippen LogP contribution is 2.19. The molecule has 0 aromatic heterocycles. The summed E-state index contributed by atoms with van der Waals surface area (Å²) in [5.41, 5.74) is 0.559. The van der Waals surface area contributed by atoms with Crippen LogP contribution < -0.4 is 5.32 Å². The van der Waals surface area contributed by atoms with E-state index in [0.29, 0.717) is 18.8 Å². The number of carbonyl (C=O) groups excluding carboxylic acids is 1. The maximum Gasteiger partial charge on any atom is 0.325 e. The molecule has 1 aromatic rings. The first-order valence-corrected chi connectivity index (χ1v) is 7.80. The molecule has 1 rings (SSSR count). The van der Waals surface area contributed by atoms with Gasteiger partial charge >= 0.3 is 5.97 Å². The third-order valence-corrected chi connectivity index (χ3v) is 4.89. The molecule has 0 radical (unpaired) electrons. The number of hydrogen-bond donors (Lipinski definition) is 1. The van der Waals surface area contributed by atoms with Crippen LogP contribution in [0.1, 0.15) is 13.8 Å². The second-order valence-electron chi connectivity index (χ2n) is 4.05. The number of ether oxygens (including phenoxy) is 1. The second-order valence-corrected chi connectivity index (χ2v) is 5.98. The molecular weight excluding hydrogens is 280 g/mol. The third kappa shape index (κ3) is 3.94. The van der Waals surface area contributed by atoms with Crippen molar-refractivity contribution in [2.24, 2.45) is 0 Å². The van der Waals surface area contributed by atoms with Gasteiger partial charge in [-0.25, -0.2) is 8.42 Å². The molecule has 1 aromatic carbocycles. The van der Waals surface area contributed by atoms with Crippen LogP contribution in [-0.4, -0.2) is 45.4 Å². The summed E-state index contributed by atoms with van der Waals surface area (Å²) in [6.07, 6.45) is 0. The predicted octanol–water partition coefficient (Wildman–Crippen LogP) is 1.30. The van der Waals surface area contributed by atoms with Crippen molar-refractivity contribution in [1.29, 1.82) is 0 Å². The molecule has 0 amide bonds. The van der Waals surface area contributed by atoms with E-state index in [-0.39, 0.29) is 11.4 Å². The van der Waals surface area contributed by atoms with Crippen LogP contribution in [0.15, 0.2) is 29.2 Å². The number of carbonyl (C=O) groups is 1. The molecule has 0 fully saturated rings. The van der Waals surface area contributed by atoms with E-state index in [1.54, 1.807) is 26.0 Å². The molecule has 0 heterocycles. The number of methoxy groups -OCH3 is 1. The smallest absolute Gasteiger partial charge is 0.325 e. The molecule has 0 aliphatic heterocycles. The molecule has 0 atom stereocenters. The van der Waals surface area contributed by atoms with Gasteiger partial charge in [-0.15, -0.1) is 0 Å². The third-order valence-electron chi connectivity index (χ3n) is 2.84. The summed E-state index contributed by atoms with van der Waals surface area (Å²) in [4.78, 5) is 11.3. The molecule has 0 aliphatic carbocycles. The van der Waals surface area contributed by atoms with Gasteiger partial charge in [0.2, 0.25) is 10.0 Å². The van der Waals surface area contributed by atoms with Crippen molar-refractivity contribution >= 4 is 21.7 Å². The molecule has 0 bridgehead atoms. The Morgan fingerprint density at radius 1 is 1.30 bits per heavy atom. The number of hydrogen-bond acceptors (Lipinski definition) is 5. The van der Waals surface area contributed by atoms with Gasteiger partial charge in [-0.05, 0) is 18.2 Å².